The lowest BCUT2D eigenvalue weighted by Crippen LogP contribution is -2.32. The van der Waals surface area contributed by atoms with Gasteiger partial charge in [-0.05, 0) is 59.7 Å². The van der Waals surface area contributed by atoms with Crippen LogP contribution >= 0.6 is 0 Å². The summed E-state index contributed by atoms with van der Waals surface area (Å²) in [6, 6.07) is 19.3. The van der Waals surface area contributed by atoms with Crippen LogP contribution in [0.3, 0.4) is 0 Å². The number of nitrogens with zero attached hydrogens (tertiary/aromatic N) is 1. The normalized spacial score (nSPS) is 12.5. The van der Waals surface area contributed by atoms with E-state index in [4.69, 9.17) is 18.9 Å². The first-order chi connectivity index (χ1) is 18.1. The van der Waals surface area contributed by atoms with Crippen molar-refractivity contribution in [1.29, 1.82) is 0 Å². The monoisotopic (exact) mass is 499 g/mol. The van der Waals surface area contributed by atoms with E-state index in [9.17, 15) is 9.59 Å². The Bertz CT molecular complexity index is 1370. The lowest BCUT2D eigenvalue weighted by atomic mass is 10.1. The number of methoxy groups -OCH3 is 2. The van der Waals surface area contributed by atoms with E-state index in [1.54, 1.807) is 60.7 Å². The fourth-order valence-corrected chi connectivity index (χ4v) is 3.42. The summed E-state index contributed by atoms with van der Waals surface area (Å²) >= 11 is 0. The highest BCUT2D eigenvalue weighted by Gasteiger charge is 2.15. The molecule has 0 spiro atoms. The lowest BCUT2D eigenvalue weighted by molar-refractivity contribution is -0.117. The van der Waals surface area contributed by atoms with Gasteiger partial charge < -0.3 is 24.3 Å². The Balaban J connectivity index is 1.49. The van der Waals surface area contributed by atoms with Crippen LogP contribution in [0.5, 0.6) is 23.0 Å². The second-order valence-corrected chi connectivity index (χ2v) is 7.68. The molecule has 9 nitrogen and oxygen atoms in total. The Morgan fingerprint density at radius 2 is 1.65 bits per heavy atom. The van der Waals surface area contributed by atoms with E-state index in [-0.39, 0.29) is 12.5 Å². The molecule has 188 valence electrons. The molecule has 3 aromatic rings. The van der Waals surface area contributed by atoms with Crippen molar-refractivity contribution < 1.29 is 28.5 Å². The van der Waals surface area contributed by atoms with E-state index >= 15 is 0 Å². The van der Waals surface area contributed by atoms with E-state index in [2.05, 4.69) is 15.8 Å². The number of fused-ring (bicyclic) bond motifs is 1. The number of ether oxygens (including phenoxy) is 4. The van der Waals surface area contributed by atoms with Crippen LogP contribution in [0.2, 0.25) is 0 Å². The molecule has 0 bridgehead atoms. The van der Waals surface area contributed by atoms with Crippen LogP contribution < -0.4 is 29.7 Å². The minimum Gasteiger partial charge on any atom is -0.493 e. The second-order valence-electron chi connectivity index (χ2n) is 7.68. The summed E-state index contributed by atoms with van der Waals surface area (Å²) in [7, 11) is 3.05. The molecule has 1 aliphatic heterocycles. The van der Waals surface area contributed by atoms with Crippen molar-refractivity contribution >= 4 is 30.2 Å². The highest BCUT2D eigenvalue weighted by atomic mass is 16.7. The van der Waals surface area contributed by atoms with Crippen LogP contribution in [-0.2, 0) is 4.79 Å². The third-order valence-corrected chi connectivity index (χ3v) is 5.26. The first-order valence-corrected chi connectivity index (χ1v) is 11.3. The number of hydrogen-bond acceptors (Lipinski definition) is 7. The molecule has 0 unspecified atom stereocenters. The molecule has 0 radical (unpaired) electrons. The Labute approximate surface area is 214 Å². The van der Waals surface area contributed by atoms with Gasteiger partial charge in [0.15, 0.2) is 23.0 Å². The Morgan fingerprint density at radius 1 is 0.892 bits per heavy atom. The summed E-state index contributed by atoms with van der Waals surface area (Å²) < 4.78 is 21.3. The standard InChI is InChI=1S/C28H25N3O6/c1-34-23-12-11-20(17-25(23)35-2)15-22(30-27(32)21-8-4-3-5-9-21)28(33)31-29-14-6-7-19-10-13-24-26(16-19)37-18-36-24/h3-17H,18H2,1-2H3,(H,30,32)(H,31,33)/b7-6-,22-15+,29-14-. The molecule has 3 aromatic carbocycles. The molecule has 0 aliphatic carbocycles. The van der Waals surface area contributed by atoms with Gasteiger partial charge in [-0.1, -0.05) is 36.4 Å². The molecular weight excluding hydrogens is 474 g/mol. The molecule has 37 heavy (non-hydrogen) atoms. The van der Waals surface area contributed by atoms with Crippen LogP contribution in [0.1, 0.15) is 21.5 Å². The number of carbonyl (C=O) groups excluding carboxylic acids is 2. The van der Waals surface area contributed by atoms with E-state index in [0.717, 1.165) is 5.56 Å². The zero-order valence-corrected chi connectivity index (χ0v) is 20.3. The average molecular weight is 500 g/mol. The van der Waals surface area contributed by atoms with Gasteiger partial charge in [-0.2, -0.15) is 5.10 Å². The first-order valence-electron chi connectivity index (χ1n) is 11.3. The molecule has 0 atom stereocenters. The molecule has 9 heteroatoms. The Kier molecular flexibility index (Phi) is 8.18. The Morgan fingerprint density at radius 3 is 2.43 bits per heavy atom. The molecular formula is C28H25N3O6. The summed E-state index contributed by atoms with van der Waals surface area (Å²) in [4.78, 5) is 25.7. The fourth-order valence-electron chi connectivity index (χ4n) is 3.42. The van der Waals surface area contributed by atoms with Crippen molar-refractivity contribution in [2.45, 2.75) is 0 Å². The highest BCUT2D eigenvalue weighted by molar-refractivity contribution is 6.05. The molecule has 0 saturated heterocycles. The average Bonchev–Trinajstić information content (AvgIpc) is 3.40. The third-order valence-electron chi connectivity index (χ3n) is 5.26. The summed E-state index contributed by atoms with van der Waals surface area (Å²) in [6.07, 6.45) is 6.42. The summed E-state index contributed by atoms with van der Waals surface area (Å²) in [5.74, 6) is 1.35. The quantitative estimate of drug-likeness (QED) is 0.262. The maximum atomic E-state index is 12.9. The predicted molar refractivity (Wildman–Crippen MR) is 140 cm³/mol. The third kappa shape index (κ3) is 6.55. The van der Waals surface area contributed by atoms with E-state index in [0.29, 0.717) is 34.1 Å². The predicted octanol–water partition coefficient (Wildman–Crippen LogP) is 4.02. The molecule has 1 aliphatic rings. The minimum atomic E-state index is -0.605. The van der Waals surface area contributed by atoms with Crippen molar-refractivity contribution in [2.24, 2.45) is 5.10 Å². The highest BCUT2D eigenvalue weighted by Crippen LogP contribution is 2.32. The number of benzene rings is 3. The maximum absolute atomic E-state index is 12.9. The maximum Gasteiger partial charge on any atom is 0.287 e. The molecule has 4 rings (SSSR count). The van der Waals surface area contributed by atoms with Gasteiger partial charge in [0, 0.05) is 11.8 Å². The van der Waals surface area contributed by atoms with Crippen molar-refractivity contribution in [3.05, 3.63) is 95.2 Å². The van der Waals surface area contributed by atoms with Gasteiger partial charge in [-0.25, -0.2) is 5.43 Å². The van der Waals surface area contributed by atoms with Crippen LogP contribution in [-0.4, -0.2) is 39.0 Å². The van der Waals surface area contributed by atoms with Gasteiger partial charge in [0.2, 0.25) is 6.79 Å². The fraction of sp³-hybridized carbons (Fsp3) is 0.107. The van der Waals surface area contributed by atoms with Gasteiger partial charge in [0.25, 0.3) is 11.8 Å². The number of hydrazone groups is 1. The number of carbonyl (C=O) groups is 2. The summed E-state index contributed by atoms with van der Waals surface area (Å²) in [6.45, 7) is 0.204. The van der Waals surface area contributed by atoms with E-state index in [1.165, 1.54) is 26.5 Å². The molecule has 0 saturated carbocycles. The number of rotatable bonds is 9. The molecule has 2 amide bonds. The number of allylic oxidation sites excluding steroid dienone is 1. The SMILES string of the molecule is COc1ccc(/C=C(/NC(=O)c2ccccc2)C(=O)N/N=C\C=C/c2ccc3c(c2)OCO3)cc1OC. The first kappa shape index (κ1) is 25.1. The zero-order valence-electron chi connectivity index (χ0n) is 20.3. The van der Waals surface area contributed by atoms with Crippen molar-refractivity contribution in [3.8, 4) is 23.0 Å². The van der Waals surface area contributed by atoms with Gasteiger partial charge in [-0.15, -0.1) is 0 Å². The van der Waals surface area contributed by atoms with Crippen LogP contribution in [0.4, 0.5) is 0 Å². The van der Waals surface area contributed by atoms with Gasteiger partial charge >= 0.3 is 0 Å². The van der Waals surface area contributed by atoms with E-state index in [1.807, 2.05) is 18.2 Å². The molecule has 0 fully saturated rings. The van der Waals surface area contributed by atoms with Gasteiger partial charge in [0.1, 0.15) is 5.70 Å². The smallest absolute Gasteiger partial charge is 0.287 e. The van der Waals surface area contributed by atoms with Crippen LogP contribution in [0.15, 0.2) is 83.6 Å². The minimum absolute atomic E-state index is 0.00188. The number of hydrogen-bond donors (Lipinski definition) is 2. The van der Waals surface area contributed by atoms with Gasteiger partial charge in [-0.3, -0.25) is 9.59 Å². The topological polar surface area (TPSA) is 107 Å². The van der Waals surface area contributed by atoms with E-state index < -0.39 is 11.8 Å². The summed E-state index contributed by atoms with van der Waals surface area (Å²) in [5.41, 5.74) is 4.33. The molecule has 0 aromatic heterocycles. The number of nitrogens with one attached hydrogen (secondary N) is 2. The largest absolute Gasteiger partial charge is 0.493 e. The second kappa shape index (κ2) is 12.1. The molecule has 2 N–H and O–H groups in total. The molecule has 1 heterocycles. The number of amides is 2. The van der Waals surface area contributed by atoms with Gasteiger partial charge in [0.05, 0.1) is 14.2 Å². The zero-order chi connectivity index (χ0) is 26.0. The van der Waals surface area contributed by atoms with Crippen molar-refractivity contribution in [2.75, 3.05) is 21.0 Å². The van der Waals surface area contributed by atoms with Crippen LogP contribution in [0.25, 0.3) is 12.2 Å². The van der Waals surface area contributed by atoms with Crippen LogP contribution in [0, 0.1) is 0 Å². The van der Waals surface area contributed by atoms with Crippen molar-refractivity contribution in [3.63, 3.8) is 0 Å². The lowest BCUT2D eigenvalue weighted by Gasteiger charge is -2.11. The van der Waals surface area contributed by atoms with Crippen molar-refractivity contribution in [1.82, 2.24) is 10.7 Å². The summed E-state index contributed by atoms with van der Waals surface area (Å²) in [5, 5.41) is 6.62. The Hall–Kier alpha value is -5.05.